The lowest BCUT2D eigenvalue weighted by Gasteiger charge is -2.05. The number of aromatic nitrogens is 1. The van der Waals surface area contributed by atoms with Gasteiger partial charge in [-0.25, -0.2) is 9.78 Å². The summed E-state index contributed by atoms with van der Waals surface area (Å²) in [6.07, 6.45) is 3.09. The SMILES string of the molecule is O=C(NCC=Cc1cc(Cl)nc(Cl)c1)OCc1ccccc1. The molecule has 6 heteroatoms. The van der Waals surface area contributed by atoms with Crippen LogP contribution < -0.4 is 5.32 Å². The van der Waals surface area contributed by atoms with Crippen molar-refractivity contribution in [3.63, 3.8) is 0 Å². The zero-order valence-electron chi connectivity index (χ0n) is 11.6. The molecule has 0 aliphatic heterocycles. The monoisotopic (exact) mass is 336 g/mol. The quantitative estimate of drug-likeness (QED) is 0.827. The van der Waals surface area contributed by atoms with Crippen LogP contribution in [-0.2, 0) is 11.3 Å². The molecule has 1 aromatic carbocycles. The molecule has 0 aliphatic rings. The Balaban J connectivity index is 1.73. The minimum absolute atomic E-state index is 0.242. The molecule has 22 heavy (non-hydrogen) atoms. The molecule has 1 heterocycles. The largest absolute Gasteiger partial charge is 0.445 e. The average molecular weight is 337 g/mol. The Kier molecular flexibility index (Phi) is 6.25. The van der Waals surface area contributed by atoms with Crippen LogP contribution in [0, 0.1) is 0 Å². The maximum atomic E-state index is 11.5. The first kappa shape index (κ1) is 16.3. The summed E-state index contributed by atoms with van der Waals surface area (Å²) in [6.45, 7) is 0.580. The fourth-order valence-corrected chi connectivity index (χ4v) is 2.17. The molecule has 0 aliphatic carbocycles. The summed E-state index contributed by atoms with van der Waals surface area (Å²) in [5, 5.41) is 3.27. The Labute approximate surface area is 138 Å². The number of amides is 1. The second-order valence-electron chi connectivity index (χ2n) is 4.39. The van der Waals surface area contributed by atoms with E-state index in [9.17, 15) is 4.79 Å². The van der Waals surface area contributed by atoms with E-state index >= 15 is 0 Å². The minimum Gasteiger partial charge on any atom is -0.445 e. The highest BCUT2D eigenvalue weighted by Gasteiger charge is 2.00. The van der Waals surface area contributed by atoms with Crippen molar-refractivity contribution in [3.8, 4) is 0 Å². The molecule has 0 unspecified atom stereocenters. The molecule has 2 aromatic rings. The Bertz CT molecular complexity index is 640. The minimum atomic E-state index is -0.473. The number of nitrogens with one attached hydrogen (secondary N) is 1. The molecule has 0 fully saturated rings. The summed E-state index contributed by atoms with van der Waals surface area (Å²) in [7, 11) is 0. The van der Waals surface area contributed by atoms with Gasteiger partial charge in [-0.3, -0.25) is 0 Å². The number of hydrogen-bond acceptors (Lipinski definition) is 3. The highest BCUT2D eigenvalue weighted by Crippen LogP contribution is 2.15. The van der Waals surface area contributed by atoms with E-state index in [1.807, 2.05) is 30.3 Å². The molecule has 0 bridgehead atoms. The summed E-state index contributed by atoms with van der Waals surface area (Å²) in [4.78, 5) is 15.4. The van der Waals surface area contributed by atoms with Gasteiger partial charge in [-0.05, 0) is 23.3 Å². The molecule has 2 rings (SSSR count). The van der Waals surface area contributed by atoms with Gasteiger partial charge in [0.15, 0.2) is 0 Å². The van der Waals surface area contributed by atoms with E-state index in [0.29, 0.717) is 16.9 Å². The van der Waals surface area contributed by atoms with E-state index < -0.39 is 6.09 Å². The topological polar surface area (TPSA) is 51.2 Å². The van der Waals surface area contributed by atoms with Gasteiger partial charge in [-0.2, -0.15) is 0 Å². The molecule has 0 radical (unpaired) electrons. The molecule has 0 saturated heterocycles. The molecule has 1 aromatic heterocycles. The Hall–Kier alpha value is -2.04. The van der Waals surface area contributed by atoms with E-state index in [1.165, 1.54) is 0 Å². The van der Waals surface area contributed by atoms with Crippen molar-refractivity contribution >= 4 is 35.4 Å². The van der Waals surface area contributed by atoms with E-state index in [1.54, 1.807) is 24.3 Å². The number of rotatable bonds is 5. The lowest BCUT2D eigenvalue weighted by atomic mass is 10.2. The van der Waals surface area contributed by atoms with Crippen molar-refractivity contribution in [2.45, 2.75) is 6.61 Å². The van der Waals surface area contributed by atoms with Crippen molar-refractivity contribution in [3.05, 3.63) is 70.0 Å². The van der Waals surface area contributed by atoms with E-state index in [-0.39, 0.29) is 6.61 Å². The van der Waals surface area contributed by atoms with Gasteiger partial charge < -0.3 is 10.1 Å². The number of nitrogens with zero attached hydrogens (tertiary/aromatic N) is 1. The average Bonchev–Trinajstić information content (AvgIpc) is 2.50. The van der Waals surface area contributed by atoms with Crippen LogP contribution in [0.5, 0.6) is 0 Å². The van der Waals surface area contributed by atoms with Gasteiger partial charge in [0.2, 0.25) is 0 Å². The molecular formula is C16H14Cl2N2O2. The smallest absolute Gasteiger partial charge is 0.407 e. The number of benzene rings is 1. The lowest BCUT2D eigenvalue weighted by molar-refractivity contribution is 0.141. The number of carbonyl (C=O) groups excluding carboxylic acids is 1. The fraction of sp³-hybridized carbons (Fsp3) is 0.125. The summed E-state index contributed by atoms with van der Waals surface area (Å²) in [5.74, 6) is 0. The van der Waals surface area contributed by atoms with Crippen LogP contribution in [0.4, 0.5) is 4.79 Å². The van der Waals surface area contributed by atoms with Gasteiger partial charge in [0, 0.05) is 6.54 Å². The second kappa shape index (κ2) is 8.41. The molecule has 0 saturated carbocycles. The summed E-state index contributed by atoms with van der Waals surface area (Å²) < 4.78 is 5.08. The Morgan fingerprint density at radius 2 is 1.86 bits per heavy atom. The molecule has 1 N–H and O–H groups in total. The van der Waals surface area contributed by atoms with Crippen LogP contribution in [-0.4, -0.2) is 17.6 Å². The second-order valence-corrected chi connectivity index (χ2v) is 5.17. The van der Waals surface area contributed by atoms with Crippen molar-refractivity contribution in [2.24, 2.45) is 0 Å². The third kappa shape index (κ3) is 5.76. The van der Waals surface area contributed by atoms with Crippen molar-refractivity contribution in [2.75, 3.05) is 6.54 Å². The predicted octanol–water partition coefficient (Wildman–Crippen LogP) is 4.33. The van der Waals surface area contributed by atoms with Crippen LogP contribution in [0.25, 0.3) is 6.08 Å². The van der Waals surface area contributed by atoms with E-state index in [0.717, 1.165) is 11.1 Å². The van der Waals surface area contributed by atoms with Crippen LogP contribution in [0.15, 0.2) is 48.5 Å². The van der Waals surface area contributed by atoms with Gasteiger partial charge in [0.25, 0.3) is 0 Å². The van der Waals surface area contributed by atoms with Gasteiger partial charge in [0.1, 0.15) is 16.9 Å². The van der Waals surface area contributed by atoms with Gasteiger partial charge in [0.05, 0.1) is 0 Å². The molecule has 114 valence electrons. The van der Waals surface area contributed by atoms with E-state index in [2.05, 4.69) is 10.3 Å². The number of hydrogen-bond donors (Lipinski definition) is 1. The molecule has 0 spiro atoms. The van der Waals surface area contributed by atoms with Crippen LogP contribution in [0.2, 0.25) is 10.3 Å². The standard InChI is InChI=1S/C16H14Cl2N2O2/c17-14-9-13(10-15(18)20-14)7-4-8-19-16(21)22-11-12-5-2-1-3-6-12/h1-7,9-10H,8,11H2,(H,19,21). The first-order chi connectivity index (χ1) is 10.6. The molecule has 1 amide bonds. The van der Waals surface area contributed by atoms with Crippen molar-refractivity contribution in [1.82, 2.24) is 10.3 Å². The number of pyridine rings is 1. The van der Waals surface area contributed by atoms with Crippen LogP contribution in [0.3, 0.4) is 0 Å². The zero-order chi connectivity index (χ0) is 15.8. The number of carbonyl (C=O) groups is 1. The molecule has 4 nitrogen and oxygen atoms in total. The lowest BCUT2D eigenvalue weighted by Crippen LogP contribution is -2.24. The van der Waals surface area contributed by atoms with Crippen LogP contribution >= 0.6 is 23.2 Å². The highest BCUT2D eigenvalue weighted by molar-refractivity contribution is 6.32. The van der Waals surface area contributed by atoms with Gasteiger partial charge >= 0.3 is 6.09 Å². The maximum Gasteiger partial charge on any atom is 0.407 e. The first-order valence-electron chi connectivity index (χ1n) is 6.57. The molecular weight excluding hydrogens is 323 g/mol. The van der Waals surface area contributed by atoms with Crippen molar-refractivity contribution in [1.29, 1.82) is 0 Å². The Morgan fingerprint density at radius 1 is 1.18 bits per heavy atom. The summed E-state index contributed by atoms with van der Waals surface area (Å²) in [6, 6.07) is 12.8. The third-order valence-electron chi connectivity index (χ3n) is 2.67. The maximum absolute atomic E-state index is 11.5. The van der Waals surface area contributed by atoms with Gasteiger partial charge in [-0.15, -0.1) is 0 Å². The number of alkyl carbamates (subject to hydrolysis) is 1. The third-order valence-corrected chi connectivity index (χ3v) is 3.06. The fourth-order valence-electron chi connectivity index (χ4n) is 1.69. The van der Waals surface area contributed by atoms with Crippen molar-refractivity contribution < 1.29 is 9.53 Å². The van der Waals surface area contributed by atoms with Crippen LogP contribution in [0.1, 0.15) is 11.1 Å². The number of ether oxygens (including phenoxy) is 1. The highest BCUT2D eigenvalue weighted by atomic mass is 35.5. The Morgan fingerprint density at radius 3 is 2.55 bits per heavy atom. The molecule has 0 atom stereocenters. The summed E-state index contributed by atoms with van der Waals surface area (Å²) >= 11 is 11.6. The first-order valence-corrected chi connectivity index (χ1v) is 7.33. The van der Waals surface area contributed by atoms with Gasteiger partial charge in [-0.1, -0.05) is 65.7 Å². The zero-order valence-corrected chi connectivity index (χ0v) is 13.1. The normalized spacial score (nSPS) is 10.6. The summed E-state index contributed by atoms with van der Waals surface area (Å²) in [5.41, 5.74) is 1.75. The predicted molar refractivity (Wildman–Crippen MR) is 87.9 cm³/mol. The number of halogens is 2. The van der Waals surface area contributed by atoms with E-state index in [4.69, 9.17) is 27.9 Å².